The smallest absolute Gasteiger partial charge is 0.328 e. The number of hydrogen-bond acceptors (Lipinski definition) is 8. The third kappa shape index (κ3) is 3.89. The molecule has 0 spiro atoms. The molecule has 1 aliphatic rings. The van der Waals surface area contributed by atoms with Gasteiger partial charge in [0.2, 0.25) is 0 Å². The molecule has 0 saturated heterocycles. The molecule has 0 fully saturated rings. The Labute approximate surface area is 188 Å². The van der Waals surface area contributed by atoms with Crippen LogP contribution in [0, 0.1) is 0 Å². The van der Waals surface area contributed by atoms with Crippen LogP contribution in [0.25, 0.3) is 16.9 Å². The second kappa shape index (κ2) is 8.36. The Morgan fingerprint density at radius 3 is 2.79 bits per heavy atom. The molecule has 5 rings (SSSR count). The second-order valence-corrected chi connectivity index (χ2v) is 7.73. The summed E-state index contributed by atoms with van der Waals surface area (Å²) in [4.78, 5) is 39.1. The SMILES string of the molecule is CNc1cc2nc3c1ncn3C(=O)N[C@H](C)COCc1cc(c(=O)n(-c3ccncc3)c1)N2. The van der Waals surface area contributed by atoms with Gasteiger partial charge in [0.05, 0.1) is 30.6 Å². The lowest BCUT2D eigenvalue weighted by Gasteiger charge is -2.17. The summed E-state index contributed by atoms with van der Waals surface area (Å²) in [5.41, 5.74) is 3.09. The van der Waals surface area contributed by atoms with Crippen LogP contribution in [0.3, 0.4) is 0 Å². The van der Waals surface area contributed by atoms with E-state index in [1.807, 2.05) is 6.92 Å². The molecule has 1 atom stereocenters. The van der Waals surface area contributed by atoms with Crippen LogP contribution >= 0.6 is 0 Å². The summed E-state index contributed by atoms with van der Waals surface area (Å²) < 4.78 is 8.72. The minimum Gasteiger partial charge on any atom is -0.386 e. The van der Waals surface area contributed by atoms with Crippen molar-refractivity contribution in [2.24, 2.45) is 0 Å². The number of fused-ring (bicyclic) bond motifs is 3. The molecular weight excluding hydrogens is 424 g/mol. The van der Waals surface area contributed by atoms with Gasteiger partial charge in [-0.15, -0.1) is 0 Å². The van der Waals surface area contributed by atoms with Gasteiger partial charge in [0.1, 0.15) is 23.3 Å². The van der Waals surface area contributed by atoms with Crippen molar-refractivity contribution >= 4 is 34.4 Å². The third-order valence-corrected chi connectivity index (χ3v) is 5.28. The molecule has 0 aromatic carbocycles. The van der Waals surface area contributed by atoms with Gasteiger partial charge in [-0.3, -0.25) is 14.3 Å². The maximum atomic E-state index is 13.3. The Balaban J connectivity index is 1.70. The number of carbonyl (C=O) groups excluding carboxylic acids is 1. The highest BCUT2D eigenvalue weighted by Crippen LogP contribution is 2.26. The Bertz CT molecular complexity index is 1400. The predicted octanol–water partition coefficient (Wildman–Crippen LogP) is 2.24. The molecule has 3 N–H and O–H groups in total. The monoisotopic (exact) mass is 446 g/mol. The number of anilines is 3. The highest BCUT2D eigenvalue weighted by Gasteiger charge is 2.19. The molecule has 0 saturated carbocycles. The lowest BCUT2D eigenvalue weighted by atomic mass is 10.2. The number of aromatic nitrogens is 5. The van der Waals surface area contributed by atoms with Gasteiger partial charge in [0.25, 0.3) is 5.56 Å². The van der Waals surface area contributed by atoms with Crippen LogP contribution in [-0.4, -0.2) is 49.8 Å². The van der Waals surface area contributed by atoms with Crippen molar-refractivity contribution in [1.29, 1.82) is 0 Å². The molecule has 0 unspecified atom stereocenters. The van der Waals surface area contributed by atoms with E-state index in [1.54, 1.807) is 54.5 Å². The zero-order chi connectivity index (χ0) is 22.9. The highest BCUT2D eigenvalue weighted by molar-refractivity contribution is 5.94. The number of nitrogens with zero attached hydrogens (tertiary/aromatic N) is 5. The van der Waals surface area contributed by atoms with Crippen molar-refractivity contribution < 1.29 is 9.53 Å². The fourth-order valence-corrected chi connectivity index (χ4v) is 3.71. The van der Waals surface area contributed by atoms with E-state index < -0.39 is 0 Å². The van der Waals surface area contributed by atoms with E-state index in [-0.39, 0.29) is 30.8 Å². The third-order valence-electron chi connectivity index (χ3n) is 5.28. The van der Waals surface area contributed by atoms with Crippen LogP contribution in [0.15, 0.2) is 54.0 Å². The van der Waals surface area contributed by atoms with Crippen LogP contribution in [-0.2, 0) is 11.3 Å². The van der Waals surface area contributed by atoms with Crippen LogP contribution in [0.2, 0.25) is 0 Å². The summed E-state index contributed by atoms with van der Waals surface area (Å²) in [6.07, 6.45) is 6.42. The van der Waals surface area contributed by atoms with Crippen molar-refractivity contribution in [2.75, 3.05) is 24.3 Å². The molecule has 4 aromatic heterocycles. The molecule has 4 bridgehead atoms. The standard InChI is InChI=1S/C22H22N8O3/c1-13-10-33-11-14-7-17(21(31)29(9-14)15-3-5-24-6-4-15)27-18-8-16(23-2)19-20(28-18)30(12-25-19)22(32)26-13/h3-9,12-13H,10-11H2,1-2H3,(H,26,32)(H2,23,27,28)/t13-/m1/s1. The highest BCUT2D eigenvalue weighted by atomic mass is 16.5. The molecule has 0 radical (unpaired) electrons. The Hall–Kier alpha value is -4.25. The van der Waals surface area contributed by atoms with E-state index >= 15 is 0 Å². The molecule has 0 aliphatic carbocycles. The van der Waals surface area contributed by atoms with Crippen LogP contribution in [0.1, 0.15) is 12.5 Å². The number of hydrogen-bond donors (Lipinski definition) is 3. The van der Waals surface area contributed by atoms with Gasteiger partial charge in [-0.2, -0.15) is 0 Å². The molecule has 11 heteroatoms. The summed E-state index contributed by atoms with van der Waals surface area (Å²) >= 11 is 0. The topological polar surface area (TPSA) is 128 Å². The van der Waals surface area contributed by atoms with Crippen molar-refractivity contribution in [3.8, 4) is 5.69 Å². The Morgan fingerprint density at radius 2 is 2.00 bits per heavy atom. The fraction of sp³-hybridized carbons (Fsp3) is 0.227. The average molecular weight is 446 g/mol. The summed E-state index contributed by atoms with van der Waals surface area (Å²) in [6, 6.07) is 6.38. The second-order valence-electron chi connectivity index (χ2n) is 7.73. The number of rotatable bonds is 2. The molecule has 1 amide bonds. The van der Waals surface area contributed by atoms with E-state index in [2.05, 4.69) is 30.9 Å². The zero-order valence-corrected chi connectivity index (χ0v) is 18.1. The summed E-state index contributed by atoms with van der Waals surface area (Å²) in [5.74, 6) is 0.392. The number of carbonyl (C=O) groups is 1. The summed E-state index contributed by atoms with van der Waals surface area (Å²) in [7, 11) is 1.76. The van der Waals surface area contributed by atoms with Gasteiger partial charge in [0.15, 0.2) is 5.65 Å². The lowest BCUT2D eigenvalue weighted by molar-refractivity contribution is 0.104. The fourth-order valence-electron chi connectivity index (χ4n) is 3.71. The van der Waals surface area contributed by atoms with Crippen molar-refractivity contribution in [3.63, 3.8) is 0 Å². The van der Waals surface area contributed by atoms with Gasteiger partial charge >= 0.3 is 6.03 Å². The summed E-state index contributed by atoms with van der Waals surface area (Å²) in [6.45, 7) is 2.40. The van der Waals surface area contributed by atoms with Gasteiger partial charge in [0, 0.05) is 31.7 Å². The number of imidazole rings is 1. The van der Waals surface area contributed by atoms with Crippen LogP contribution < -0.4 is 21.5 Å². The zero-order valence-electron chi connectivity index (χ0n) is 18.1. The van der Waals surface area contributed by atoms with E-state index in [0.717, 1.165) is 5.56 Å². The molecule has 168 valence electrons. The van der Waals surface area contributed by atoms with E-state index in [9.17, 15) is 9.59 Å². The van der Waals surface area contributed by atoms with Crippen molar-refractivity contribution in [3.05, 3.63) is 65.1 Å². The molecule has 11 nitrogen and oxygen atoms in total. The normalized spacial score (nSPS) is 16.2. The van der Waals surface area contributed by atoms with Gasteiger partial charge < -0.3 is 20.7 Å². The van der Waals surface area contributed by atoms with Gasteiger partial charge in [-0.25, -0.2) is 19.3 Å². The lowest BCUT2D eigenvalue weighted by Crippen LogP contribution is -2.38. The van der Waals surface area contributed by atoms with Crippen molar-refractivity contribution in [2.45, 2.75) is 19.6 Å². The number of amides is 1. The average Bonchev–Trinajstić information content (AvgIpc) is 3.24. The van der Waals surface area contributed by atoms with E-state index in [0.29, 0.717) is 34.0 Å². The molecular formula is C22H22N8O3. The molecule has 33 heavy (non-hydrogen) atoms. The predicted molar refractivity (Wildman–Crippen MR) is 123 cm³/mol. The maximum absolute atomic E-state index is 13.3. The Kier molecular flexibility index (Phi) is 5.23. The first-order chi connectivity index (χ1) is 16.0. The van der Waals surface area contributed by atoms with Gasteiger partial charge in [-0.05, 0) is 30.7 Å². The molecule has 1 aliphatic heterocycles. The van der Waals surface area contributed by atoms with Crippen LogP contribution in [0.4, 0.5) is 22.0 Å². The van der Waals surface area contributed by atoms with Gasteiger partial charge in [-0.1, -0.05) is 0 Å². The van der Waals surface area contributed by atoms with E-state index in [1.165, 1.54) is 10.9 Å². The van der Waals surface area contributed by atoms with Crippen molar-refractivity contribution in [1.82, 2.24) is 29.4 Å². The maximum Gasteiger partial charge on any atom is 0.328 e. The first-order valence-corrected chi connectivity index (χ1v) is 10.4. The molecule has 5 heterocycles. The summed E-state index contributed by atoms with van der Waals surface area (Å²) in [5, 5.41) is 9.09. The number of ether oxygens (including phenoxy) is 1. The first kappa shape index (κ1) is 20.6. The number of nitrogens with one attached hydrogen (secondary N) is 3. The van der Waals surface area contributed by atoms with Crippen LogP contribution in [0.5, 0.6) is 0 Å². The quantitative estimate of drug-likeness (QED) is 0.428. The number of pyridine rings is 3. The Morgan fingerprint density at radius 1 is 1.18 bits per heavy atom. The first-order valence-electron chi connectivity index (χ1n) is 10.4. The molecule has 4 aromatic rings. The van der Waals surface area contributed by atoms with E-state index in [4.69, 9.17) is 4.74 Å². The minimum absolute atomic E-state index is 0.255. The largest absolute Gasteiger partial charge is 0.386 e. The minimum atomic E-state index is -0.365.